The molecule has 0 saturated carbocycles. The first-order valence-corrected chi connectivity index (χ1v) is 17.8. The molecule has 47 heavy (non-hydrogen) atoms. The van der Waals surface area contributed by atoms with E-state index in [-0.39, 0.29) is 42.8 Å². The van der Waals surface area contributed by atoms with E-state index in [4.69, 9.17) is 5.21 Å². The molecule has 3 amide bonds. The molecule has 0 spiro atoms. The van der Waals surface area contributed by atoms with Crippen LogP contribution in [-0.2, 0) is 27.8 Å². The highest BCUT2D eigenvalue weighted by Crippen LogP contribution is 2.20. The van der Waals surface area contributed by atoms with Crippen molar-refractivity contribution in [1.82, 2.24) is 24.8 Å². The first kappa shape index (κ1) is 37.6. The van der Waals surface area contributed by atoms with Crippen LogP contribution in [0.3, 0.4) is 0 Å². The van der Waals surface area contributed by atoms with Gasteiger partial charge in [0.15, 0.2) is 0 Å². The largest absolute Gasteiger partial charge is 0.411 e. The van der Waals surface area contributed by atoms with E-state index in [9.17, 15) is 23.1 Å². The Kier molecular flexibility index (Phi) is 13.9. The van der Waals surface area contributed by atoms with E-state index in [0.29, 0.717) is 5.56 Å². The van der Waals surface area contributed by atoms with Gasteiger partial charge in [-0.3, -0.25) is 4.79 Å². The Balaban J connectivity index is 1.84. The van der Waals surface area contributed by atoms with Gasteiger partial charge in [0, 0.05) is 25.5 Å². The number of benzene rings is 2. The second-order valence-corrected chi connectivity index (χ2v) is 15.3. The van der Waals surface area contributed by atoms with Gasteiger partial charge < -0.3 is 25.8 Å². The van der Waals surface area contributed by atoms with Crippen molar-refractivity contribution in [3.8, 4) is 0 Å². The minimum atomic E-state index is -4.05. The molecule has 256 valence electrons. The molecule has 0 aliphatic heterocycles. The lowest BCUT2D eigenvalue weighted by atomic mass is 9.98. The summed E-state index contributed by atoms with van der Waals surface area (Å²) in [6, 6.07) is 12.9. The van der Waals surface area contributed by atoms with Gasteiger partial charge in [-0.1, -0.05) is 75.3 Å². The van der Waals surface area contributed by atoms with Crippen LogP contribution in [0.4, 0.5) is 4.79 Å². The highest BCUT2D eigenvalue weighted by atomic mass is 32.2. The average molecular weight is 687 g/mol. The van der Waals surface area contributed by atoms with Gasteiger partial charge in [0.2, 0.25) is 15.9 Å². The molecule has 0 radical (unpaired) electrons. The maximum absolute atomic E-state index is 13.8. The number of nitrogens with one attached hydrogen (secondary N) is 2. The van der Waals surface area contributed by atoms with Crippen LogP contribution < -0.4 is 10.6 Å². The fraction of sp³-hybridized carbons (Fsp3) is 0.455. The van der Waals surface area contributed by atoms with Gasteiger partial charge in [-0.25, -0.2) is 18.2 Å². The van der Waals surface area contributed by atoms with Crippen molar-refractivity contribution in [3.63, 3.8) is 0 Å². The minimum Gasteiger partial charge on any atom is -0.411 e. The number of carbonyl (C=O) groups is 2. The van der Waals surface area contributed by atoms with Crippen LogP contribution in [-0.4, -0.2) is 89.4 Å². The van der Waals surface area contributed by atoms with E-state index in [1.807, 2.05) is 70.3 Å². The number of aryl methyl sites for hydroxylation is 1. The number of nitrogens with zero attached hydrogens (tertiary/aromatic N) is 4. The molecule has 3 rings (SSSR count). The number of hydrogen-bond acceptors (Lipinski definition) is 9. The maximum Gasteiger partial charge on any atom is 0.318 e. The standard InChI is InChI=1S/C33H46N6O6S2/c1-22(2)18-39(47(44,45)28-14-12-26(13-15-28)17-34-43)20-30(40)29(16-25-10-8-7-9-11-25)36-32(41)31(23(3)4)37-33(42)38(6)19-27-21-46-24(5)35-27/h7-15,17,21-23,29-31,40,43H,16,18-20H2,1-6H3,(H,36,41)(H,37,42)/b34-17+/t29-,30?,31+/m0/s1. The highest BCUT2D eigenvalue weighted by Gasteiger charge is 2.34. The number of aliphatic hydroxyl groups is 1. The molecule has 0 aliphatic carbocycles. The molecule has 2 aromatic carbocycles. The lowest BCUT2D eigenvalue weighted by Crippen LogP contribution is -2.58. The second-order valence-electron chi connectivity index (χ2n) is 12.3. The first-order valence-electron chi connectivity index (χ1n) is 15.4. The number of sulfonamides is 1. The molecular weight excluding hydrogens is 641 g/mol. The quantitative estimate of drug-likeness (QED) is 0.101. The third-order valence-corrected chi connectivity index (χ3v) is 10.1. The van der Waals surface area contributed by atoms with E-state index in [1.165, 1.54) is 51.0 Å². The number of thiazole rings is 1. The van der Waals surface area contributed by atoms with Crippen molar-refractivity contribution in [2.45, 2.75) is 70.7 Å². The SMILES string of the molecule is Cc1nc(CN(C)C(=O)N[C@@H](C(=O)N[C@@H](Cc2ccccc2)C(O)CN(CC(C)C)S(=O)(=O)c2ccc(/C=N/O)cc2)C(C)C)cs1. The van der Waals surface area contributed by atoms with Crippen molar-refractivity contribution >= 4 is 39.5 Å². The summed E-state index contributed by atoms with van der Waals surface area (Å²) in [5.74, 6) is -0.851. The summed E-state index contributed by atoms with van der Waals surface area (Å²) in [6.07, 6.45) is 0.114. The zero-order chi connectivity index (χ0) is 34.7. The normalized spacial score (nSPS) is 14.0. The molecule has 0 saturated heterocycles. The fourth-order valence-electron chi connectivity index (χ4n) is 4.95. The topological polar surface area (TPSA) is 165 Å². The summed E-state index contributed by atoms with van der Waals surface area (Å²) in [5, 5.41) is 31.9. The molecule has 1 heterocycles. The van der Waals surface area contributed by atoms with Gasteiger partial charge in [0.25, 0.3) is 0 Å². The Hall–Kier alpha value is -3.85. The van der Waals surface area contributed by atoms with Crippen molar-refractivity contribution in [2.24, 2.45) is 17.0 Å². The number of aromatic nitrogens is 1. The van der Waals surface area contributed by atoms with Crippen LogP contribution in [0.25, 0.3) is 0 Å². The number of rotatable bonds is 16. The summed E-state index contributed by atoms with van der Waals surface area (Å²) in [7, 11) is -2.43. The molecule has 14 heteroatoms. The zero-order valence-electron chi connectivity index (χ0n) is 27.7. The number of hydrogen-bond donors (Lipinski definition) is 4. The van der Waals surface area contributed by atoms with Crippen molar-refractivity contribution in [1.29, 1.82) is 0 Å². The highest BCUT2D eigenvalue weighted by molar-refractivity contribution is 7.89. The number of aliphatic hydroxyl groups excluding tert-OH is 1. The lowest BCUT2D eigenvalue weighted by molar-refractivity contribution is -0.125. The van der Waals surface area contributed by atoms with E-state index in [0.717, 1.165) is 16.3 Å². The summed E-state index contributed by atoms with van der Waals surface area (Å²) in [5.41, 5.74) is 2.10. The third-order valence-electron chi connectivity index (χ3n) is 7.42. The van der Waals surface area contributed by atoms with Crippen LogP contribution in [0.15, 0.2) is 70.0 Å². The number of carbonyl (C=O) groups excluding carboxylic acids is 2. The van der Waals surface area contributed by atoms with Gasteiger partial charge in [0.1, 0.15) is 6.04 Å². The monoisotopic (exact) mass is 686 g/mol. The van der Waals surface area contributed by atoms with Crippen LogP contribution in [0.2, 0.25) is 0 Å². The molecular formula is C33H46N6O6S2. The Labute approximate surface area is 281 Å². The van der Waals surface area contributed by atoms with E-state index < -0.39 is 40.1 Å². The summed E-state index contributed by atoms with van der Waals surface area (Å²) >= 11 is 1.49. The molecule has 0 fully saturated rings. The molecule has 4 N–H and O–H groups in total. The van der Waals surface area contributed by atoms with Crippen LogP contribution in [0.1, 0.15) is 49.5 Å². The molecule has 3 aromatic rings. The lowest BCUT2D eigenvalue weighted by Gasteiger charge is -2.32. The predicted molar refractivity (Wildman–Crippen MR) is 183 cm³/mol. The first-order chi connectivity index (χ1) is 22.2. The minimum absolute atomic E-state index is 0.0172. The smallest absolute Gasteiger partial charge is 0.318 e. The predicted octanol–water partition coefficient (Wildman–Crippen LogP) is 3.86. The second kappa shape index (κ2) is 17.3. The van der Waals surface area contributed by atoms with Crippen LogP contribution >= 0.6 is 11.3 Å². The van der Waals surface area contributed by atoms with E-state index >= 15 is 0 Å². The van der Waals surface area contributed by atoms with Crippen LogP contribution in [0.5, 0.6) is 0 Å². The Morgan fingerprint density at radius 3 is 2.23 bits per heavy atom. The van der Waals surface area contributed by atoms with Gasteiger partial charge in [0.05, 0.1) is 40.5 Å². The average Bonchev–Trinajstić information content (AvgIpc) is 3.43. The summed E-state index contributed by atoms with van der Waals surface area (Å²) < 4.78 is 28.8. The molecule has 1 unspecified atom stereocenters. The van der Waals surface area contributed by atoms with Crippen molar-refractivity contribution < 1.29 is 28.3 Å². The molecule has 3 atom stereocenters. The summed E-state index contributed by atoms with van der Waals surface area (Å²) in [4.78, 5) is 32.7. The third kappa shape index (κ3) is 11.1. The van der Waals surface area contributed by atoms with E-state index in [2.05, 4.69) is 20.8 Å². The van der Waals surface area contributed by atoms with Crippen LogP contribution in [0, 0.1) is 18.8 Å². The Morgan fingerprint density at radius 2 is 1.68 bits per heavy atom. The van der Waals surface area contributed by atoms with Gasteiger partial charge in [-0.2, -0.15) is 4.31 Å². The van der Waals surface area contributed by atoms with E-state index in [1.54, 1.807) is 7.05 Å². The molecule has 0 aliphatic rings. The summed E-state index contributed by atoms with van der Waals surface area (Å²) in [6.45, 7) is 9.38. The zero-order valence-corrected chi connectivity index (χ0v) is 29.3. The Bertz CT molecular complexity index is 1580. The maximum atomic E-state index is 13.8. The van der Waals surface area contributed by atoms with Gasteiger partial charge in [-0.05, 0) is 48.4 Å². The fourth-order valence-corrected chi connectivity index (χ4v) is 7.18. The molecule has 12 nitrogen and oxygen atoms in total. The molecule has 1 aromatic heterocycles. The van der Waals surface area contributed by atoms with Crippen molar-refractivity contribution in [3.05, 3.63) is 81.8 Å². The van der Waals surface area contributed by atoms with Crippen molar-refractivity contribution in [2.75, 3.05) is 20.1 Å². The molecule has 0 bridgehead atoms. The Morgan fingerprint density at radius 1 is 1.02 bits per heavy atom. The van der Waals surface area contributed by atoms with Gasteiger partial charge >= 0.3 is 6.03 Å². The number of urea groups is 1. The number of amides is 3. The number of oxime groups is 1. The van der Waals surface area contributed by atoms with Gasteiger partial charge in [-0.15, -0.1) is 11.3 Å².